The summed E-state index contributed by atoms with van der Waals surface area (Å²) in [6.45, 7) is 8.31. The number of aromatic nitrogens is 1. The minimum absolute atomic E-state index is 0.157. The lowest BCUT2D eigenvalue weighted by molar-refractivity contribution is -0.136. The molecule has 3 aromatic carbocycles. The molecule has 2 atom stereocenters. The average molecular weight is 684 g/mol. The first kappa shape index (κ1) is 35.5. The highest BCUT2D eigenvalue weighted by molar-refractivity contribution is 6.01. The molecule has 1 aliphatic rings. The van der Waals surface area contributed by atoms with Crippen LogP contribution in [0.2, 0.25) is 0 Å². The summed E-state index contributed by atoms with van der Waals surface area (Å²) < 4.78 is 23.9. The number of amides is 2. The molecule has 2 amide bonds. The van der Waals surface area contributed by atoms with E-state index in [4.69, 9.17) is 18.9 Å². The van der Waals surface area contributed by atoms with Gasteiger partial charge in [-0.2, -0.15) is 5.10 Å². The molecule has 0 spiro atoms. The normalized spacial score (nSPS) is 15.0. The molecule has 13 heteroatoms. The van der Waals surface area contributed by atoms with Crippen molar-refractivity contribution in [2.75, 3.05) is 26.9 Å². The van der Waals surface area contributed by atoms with E-state index in [1.54, 1.807) is 50.4 Å². The average Bonchev–Trinajstić information content (AvgIpc) is 3.37. The standard InChI is InChI=1S/C37H41N5O8/c1-6-48-31-18-26(34-33(36(45)47-5)22(3)39-37(46)40-34)16-17-30(31)50-21-32(43)41-38-19-28-23(4)42(29-11-9-8-10-27(28)29)20-24-12-14-25(15-13-24)35(44)49-7-2/h8-19,32,34,41,43H,6-7,20-21H2,1-5H3,(H2,39,40,46)/b38-19+/t32-,34+/m0/s1. The number of aliphatic hydroxyl groups is 1. The Morgan fingerprint density at radius 1 is 1.00 bits per heavy atom. The molecule has 262 valence electrons. The molecule has 1 aliphatic heterocycles. The number of urea groups is 1. The number of hydrogen-bond donors (Lipinski definition) is 4. The van der Waals surface area contributed by atoms with Crippen molar-refractivity contribution in [1.29, 1.82) is 0 Å². The van der Waals surface area contributed by atoms with Crippen LogP contribution < -0.4 is 25.5 Å². The zero-order valence-corrected chi connectivity index (χ0v) is 28.6. The number of benzene rings is 3. The number of carbonyl (C=O) groups excluding carboxylic acids is 3. The summed E-state index contributed by atoms with van der Waals surface area (Å²) in [5.41, 5.74) is 8.37. The molecule has 4 aromatic rings. The zero-order chi connectivity index (χ0) is 35.8. The van der Waals surface area contributed by atoms with Crippen LogP contribution in [0.4, 0.5) is 4.79 Å². The number of fused-ring (bicyclic) bond motifs is 1. The van der Waals surface area contributed by atoms with Crippen LogP contribution in [0.3, 0.4) is 0 Å². The van der Waals surface area contributed by atoms with Gasteiger partial charge in [0.05, 0.1) is 43.7 Å². The molecule has 0 saturated heterocycles. The second-order valence-electron chi connectivity index (χ2n) is 11.4. The number of nitrogens with one attached hydrogen (secondary N) is 3. The third kappa shape index (κ3) is 7.90. The van der Waals surface area contributed by atoms with Crippen molar-refractivity contribution in [1.82, 2.24) is 20.6 Å². The Balaban J connectivity index is 1.27. The van der Waals surface area contributed by atoms with Gasteiger partial charge in [0.25, 0.3) is 0 Å². The van der Waals surface area contributed by atoms with E-state index in [1.807, 2.05) is 50.2 Å². The lowest BCUT2D eigenvalue weighted by Gasteiger charge is -2.28. The Kier molecular flexibility index (Phi) is 11.4. The molecule has 1 aromatic heterocycles. The minimum atomic E-state index is -1.16. The topological polar surface area (TPSA) is 162 Å². The summed E-state index contributed by atoms with van der Waals surface area (Å²) in [5.74, 6) is -0.195. The number of hydrazone groups is 1. The first-order chi connectivity index (χ1) is 24.1. The van der Waals surface area contributed by atoms with Gasteiger partial charge in [-0.25, -0.2) is 14.4 Å². The van der Waals surface area contributed by atoms with E-state index < -0.39 is 24.3 Å². The van der Waals surface area contributed by atoms with Crippen molar-refractivity contribution < 1.29 is 38.4 Å². The summed E-state index contributed by atoms with van der Waals surface area (Å²) in [4.78, 5) is 36.8. The number of esters is 2. The van der Waals surface area contributed by atoms with Gasteiger partial charge in [-0.3, -0.25) is 5.43 Å². The number of hydrogen-bond acceptors (Lipinski definition) is 10. The van der Waals surface area contributed by atoms with Gasteiger partial charge in [0, 0.05) is 34.4 Å². The number of nitrogens with zero attached hydrogens (tertiary/aromatic N) is 2. The fourth-order valence-electron chi connectivity index (χ4n) is 5.78. The molecule has 5 rings (SSSR count). The molecule has 0 aliphatic carbocycles. The predicted octanol–water partition coefficient (Wildman–Crippen LogP) is 4.70. The maximum absolute atomic E-state index is 12.5. The van der Waals surface area contributed by atoms with Crippen LogP contribution in [0.15, 0.2) is 83.1 Å². The maximum atomic E-state index is 12.5. The first-order valence-corrected chi connectivity index (χ1v) is 16.2. The fourth-order valence-corrected chi connectivity index (χ4v) is 5.78. The van der Waals surface area contributed by atoms with Crippen molar-refractivity contribution in [3.63, 3.8) is 0 Å². The van der Waals surface area contributed by atoms with Crippen molar-refractivity contribution in [2.45, 2.75) is 46.5 Å². The quantitative estimate of drug-likeness (QED) is 0.0639. The van der Waals surface area contributed by atoms with E-state index in [-0.39, 0.29) is 18.1 Å². The number of para-hydroxylation sites is 1. The SMILES string of the molecule is CCOC(=O)c1ccc(Cn2c(C)c(/C=N/N[C@@H](O)COc3ccc([C@H]4NC(=O)NC(C)=C4C(=O)OC)cc3OCC)c3ccccc32)cc1. The number of aliphatic hydroxyl groups excluding tert-OH is 1. The van der Waals surface area contributed by atoms with Crippen molar-refractivity contribution in [3.05, 3.63) is 106 Å². The Hall–Kier alpha value is -5.82. The molecule has 0 unspecified atom stereocenters. The van der Waals surface area contributed by atoms with Crippen LogP contribution in [0.1, 0.15) is 59.6 Å². The van der Waals surface area contributed by atoms with E-state index in [9.17, 15) is 19.5 Å². The number of carbonyl (C=O) groups is 3. The highest BCUT2D eigenvalue weighted by Gasteiger charge is 2.32. The van der Waals surface area contributed by atoms with Gasteiger partial charge in [-0.1, -0.05) is 36.4 Å². The van der Waals surface area contributed by atoms with E-state index in [2.05, 4.69) is 25.7 Å². The van der Waals surface area contributed by atoms with Crippen LogP contribution >= 0.6 is 0 Å². The maximum Gasteiger partial charge on any atom is 0.338 e. The van der Waals surface area contributed by atoms with Gasteiger partial charge >= 0.3 is 18.0 Å². The van der Waals surface area contributed by atoms with E-state index >= 15 is 0 Å². The van der Waals surface area contributed by atoms with Crippen molar-refractivity contribution >= 4 is 35.1 Å². The van der Waals surface area contributed by atoms with Gasteiger partial charge in [-0.05, 0) is 69.2 Å². The number of methoxy groups -OCH3 is 1. The molecule has 13 nitrogen and oxygen atoms in total. The Morgan fingerprint density at radius 2 is 1.76 bits per heavy atom. The van der Waals surface area contributed by atoms with E-state index in [0.717, 1.165) is 27.7 Å². The van der Waals surface area contributed by atoms with Gasteiger partial charge in [-0.15, -0.1) is 0 Å². The summed E-state index contributed by atoms with van der Waals surface area (Å²) in [7, 11) is 1.28. The molecule has 0 radical (unpaired) electrons. The molecular formula is C37H41N5O8. The molecule has 0 bridgehead atoms. The molecule has 4 N–H and O–H groups in total. The van der Waals surface area contributed by atoms with Gasteiger partial charge in [0.2, 0.25) is 0 Å². The summed E-state index contributed by atoms with van der Waals surface area (Å²) >= 11 is 0. The fraction of sp³-hybridized carbons (Fsp3) is 0.297. The monoisotopic (exact) mass is 683 g/mol. The minimum Gasteiger partial charge on any atom is -0.490 e. The van der Waals surface area contributed by atoms with Gasteiger partial charge in [0.1, 0.15) is 6.61 Å². The van der Waals surface area contributed by atoms with Gasteiger partial charge in [0.15, 0.2) is 17.7 Å². The summed E-state index contributed by atoms with van der Waals surface area (Å²) in [6, 6.07) is 19.2. The third-order valence-corrected chi connectivity index (χ3v) is 8.17. The number of ether oxygens (including phenoxy) is 4. The van der Waals surface area contributed by atoms with Gasteiger partial charge < -0.3 is 39.3 Å². The number of rotatable bonds is 14. The van der Waals surface area contributed by atoms with Crippen LogP contribution in [-0.4, -0.2) is 67.0 Å². The highest BCUT2D eigenvalue weighted by Crippen LogP contribution is 2.35. The van der Waals surface area contributed by atoms with Crippen molar-refractivity contribution in [2.24, 2.45) is 5.10 Å². The van der Waals surface area contributed by atoms with Crippen LogP contribution in [0.5, 0.6) is 11.5 Å². The number of allylic oxidation sites excluding steroid dienone is 1. The molecule has 0 fully saturated rings. The van der Waals surface area contributed by atoms with E-state index in [1.165, 1.54) is 7.11 Å². The summed E-state index contributed by atoms with van der Waals surface area (Å²) in [6.07, 6.45) is 0.510. The largest absolute Gasteiger partial charge is 0.490 e. The Morgan fingerprint density at radius 3 is 2.48 bits per heavy atom. The lowest BCUT2D eigenvalue weighted by Crippen LogP contribution is -2.45. The second-order valence-corrected chi connectivity index (χ2v) is 11.4. The van der Waals surface area contributed by atoms with E-state index in [0.29, 0.717) is 48.1 Å². The highest BCUT2D eigenvalue weighted by atomic mass is 16.5. The summed E-state index contributed by atoms with van der Waals surface area (Å²) in [5, 5.41) is 21.4. The molecular weight excluding hydrogens is 642 g/mol. The molecule has 0 saturated carbocycles. The lowest BCUT2D eigenvalue weighted by atomic mass is 9.95. The molecule has 2 heterocycles. The molecule has 50 heavy (non-hydrogen) atoms. The zero-order valence-electron chi connectivity index (χ0n) is 28.6. The third-order valence-electron chi connectivity index (χ3n) is 8.17. The second kappa shape index (κ2) is 16.1. The smallest absolute Gasteiger partial charge is 0.338 e. The van der Waals surface area contributed by atoms with Crippen LogP contribution in [-0.2, 0) is 20.8 Å². The van der Waals surface area contributed by atoms with Crippen LogP contribution in [0, 0.1) is 6.92 Å². The van der Waals surface area contributed by atoms with Crippen molar-refractivity contribution in [3.8, 4) is 11.5 Å². The Labute approximate surface area is 289 Å². The predicted molar refractivity (Wildman–Crippen MR) is 187 cm³/mol. The van der Waals surface area contributed by atoms with Crippen LogP contribution in [0.25, 0.3) is 10.9 Å². The first-order valence-electron chi connectivity index (χ1n) is 16.2. The Bertz CT molecular complexity index is 1930.